The molecule has 114 valence electrons. The molecule has 1 aliphatic rings. The number of aliphatic carboxylic acids is 1. The molecule has 0 bridgehead atoms. The van der Waals surface area contributed by atoms with Crippen LogP contribution in [0.1, 0.15) is 46.5 Å². The SMILES string of the molecule is CC(C)(C)C(=O)NCCC(=O)N1CCCC[C@H]1C(=O)O. The first-order valence-corrected chi connectivity index (χ1v) is 7.04. The zero-order valence-corrected chi connectivity index (χ0v) is 12.4. The van der Waals surface area contributed by atoms with E-state index in [4.69, 9.17) is 5.11 Å². The molecule has 20 heavy (non-hydrogen) atoms. The Balaban J connectivity index is 2.45. The summed E-state index contributed by atoms with van der Waals surface area (Å²) in [5.41, 5.74) is -0.488. The lowest BCUT2D eigenvalue weighted by atomic mass is 9.96. The average Bonchev–Trinajstić information content (AvgIpc) is 2.37. The zero-order chi connectivity index (χ0) is 15.3. The smallest absolute Gasteiger partial charge is 0.326 e. The maximum atomic E-state index is 12.1. The van der Waals surface area contributed by atoms with Gasteiger partial charge in [0.2, 0.25) is 11.8 Å². The highest BCUT2D eigenvalue weighted by Gasteiger charge is 2.31. The lowest BCUT2D eigenvalue weighted by Gasteiger charge is -2.33. The molecule has 0 saturated carbocycles. The first kappa shape index (κ1) is 16.5. The molecular weight excluding hydrogens is 260 g/mol. The predicted molar refractivity (Wildman–Crippen MR) is 74.1 cm³/mol. The van der Waals surface area contributed by atoms with Gasteiger partial charge in [0.15, 0.2) is 0 Å². The standard InChI is InChI=1S/C14H24N2O4/c1-14(2,3)13(20)15-8-7-11(17)16-9-5-4-6-10(16)12(18)19/h10H,4-9H2,1-3H3,(H,15,20)(H,18,19)/t10-/m0/s1. The van der Waals surface area contributed by atoms with Gasteiger partial charge in [-0.05, 0) is 19.3 Å². The average molecular weight is 284 g/mol. The monoisotopic (exact) mass is 284 g/mol. The molecule has 0 aliphatic carbocycles. The lowest BCUT2D eigenvalue weighted by molar-refractivity contribution is -0.152. The number of piperidine rings is 1. The Kier molecular flexibility index (Phi) is 5.53. The summed E-state index contributed by atoms with van der Waals surface area (Å²) in [6.45, 7) is 6.14. The number of likely N-dealkylation sites (tertiary alicyclic amines) is 1. The Labute approximate surface area is 119 Å². The first-order chi connectivity index (χ1) is 9.23. The third kappa shape index (κ3) is 4.51. The van der Waals surface area contributed by atoms with Crippen LogP contribution in [0.15, 0.2) is 0 Å². The van der Waals surface area contributed by atoms with Crippen molar-refractivity contribution >= 4 is 17.8 Å². The fourth-order valence-corrected chi connectivity index (χ4v) is 2.18. The van der Waals surface area contributed by atoms with E-state index in [1.54, 1.807) is 20.8 Å². The van der Waals surface area contributed by atoms with E-state index in [-0.39, 0.29) is 24.8 Å². The minimum absolute atomic E-state index is 0.112. The maximum Gasteiger partial charge on any atom is 0.326 e. The Hall–Kier alpha value is -1.59. The number of hydrogen-bond donors (Lipinski definition) is 2. The van der Waals surface area contributed by atoms with Crippen molar-refractivity contribution in [1.29, 1.82) is 0 Å². The fourth-order valence-electron chi connectivity index (χ4n) is 2.18. The van der Waals surface area contributed by atoms with E-state index < -0.39 is 17.4 Å². The minimum Gasteiger partial charge on any atom is -0.480 e. The summed E-state index contributed by atoms with van der Waals surface area (Å²) < 4.78 is 0. The van der Waals surface area contributed by atoms with Gasteiger partial charge in [-0.3, -0.25) is 9.59 Å². The Morgan fingerprint density at radius 3 is 2.45 bits per heavy atom. The molecule has 0 aromatic carbocycles. The molecule has 2 N–H and O–H groups in total. The van der Waals surface area contributed by atoms with Crippen LogP contribution in [0.3, 0.4) is 0 Å². The minimum atomic E-state index is -0.947. The summed E-state index contributed by atoms with van der Waals surface area (Å²) in [6, 6.07) is -0.713. The number of carbonyl (C=O) groups is 3. The van der Waals surface area contributed by atoms with Crippen LogP contribution in [0.5, 0.6) is 0 Å². The summed E-state index contributed by atoms with van der Waals surface area (Å²) in [5.74, 6) is -1.26. The van der Waals surface area contributed by atoms with Gasteiger partial charge in [-0.15, -0.1) is 0 Å². The van der Waals surface area contributed by atoms with Crippen LogP contribution in [0.4, 0.5) is 0 Å². The fraction of sp³-hybridized carbons (Fsp3) is 0.786. The molecule has 0 spiro atoms. The topological polar surface area (TPSA) is 86.7 Å². The Morgan fingerprint density at radius 1 is 1.25 bits per heavy atom. The third-order valence-corrected chi connectivity index (χ3v) is 3.41. The number of hydrogen-bond acceptors (Lipinski definition) is 3. The van der Waals surface area contributed by atoms with Crippen molar-refractivity contribution in [3.05, 3.63) is 0 Å². The summed E-state index contributed by atoms with van der Waals surface area (Å²) >= 11 is 0. The van der Waals surface area contributed by atoms with Gasteiger partial charge in [0, 0.05) is 24.9 Å². The number of carboxylic acid groups (broad SMARTS) is 1. The van der Waals surface area contributed by atoms with Crippen molar-refractivity contribution in [1.82, 2.24) is 10.2 Å². The van der Waals surface area contributed by atoms with E-state index in [0.717, 1.165) is 12.8 Å². The van der Waals surface area contributed by atoms with Crippen LogP contribution in [0.25, 0.3) is 0 Å². The van der Waals surface area contributed by atoms with Gasteiger partial charge in [0.05, 0.1) is 0 Å². The van der Waals surface area contributed by atoms with Gasteiger partial charge in [-0.25, -0.2) is 4.79 Å². The normalized spacial score (nSPS) is 19.6. The summed E-state index contributed by atoms with van der Waals surface area (Å²) in [6.07, 6.45) is 2.33. The van der Waals surface area contributed by atoms with Crippen molar-refractivity contribution in [2.24, 2.45) is 5.41 Å². The van der Waals surface area contributed by atoms with Gasteiger partial charge in [-0.1, -0.05) is 20.8 Å². The van der Waals surface area contributed by atoms with Crippen LogP contribution in [-0.4, -0.2) is 46.9 Å². The van der Waals surface area contributed by atoms with E-state index in [9.17, 15) is 14.4 Å². The molecule has 0 radical (unpaired) electrons. The van der Waals surface area contributed by atoms with Crippen molar-refractivity contribution in [2.75, 3.05) is 13.1 Å². The number of carbonyl (C=O) groups excluding carboxylic acids is 2. The second-order valence-electron chi connectivity index (χ2n) is 6.19. The molecule has 6 nitrogen and oxygen atoms in total. The van der Waals surface area contributed by atoms with Gasteiger partial charge in [0.25, 0.3) is 0 Å². The number of amides is 2. The van der Waals surface area contributed by atoms with E-state index >= 15 is 0 Å². The third-order valence-electron chi connectivity index (χ3n) is 3.41. The number of rotatable bonds is 4. The molecule has 2 amide bonds. The van der Waals surface area contributed by atoms with Crippen LogP contribution < -0.4 is 5.32 Å². The molecule has 0 aromatic rings. The quantitative estimate of drug-likeness (QED) is 0.806. The molecule has 1 heterocycles. The van der Waals surface area contributed by atoms with E-state index in [0.29, 0.717) is 13.0 Å². The summed E-state index contributed by atoms with van der Waals surface area (Å²) in [5, 5.41) is 11.8. The van der Waals surface area contributed by atoms with Crippen LogP contribution >= 0.6 is 0 Å². The van der Waals surface area contributed by atoms with Gasteiger partial charge in [0.1, 0.15) is 6.04 Å². The number of nitrogens with one attached hydrogen (secondary N) is 1. The second kappa shape index (κ2) is 6.72. The molecule has 1 aliphatic heterocycles. The second-order valence-corrected chi connectivity index (χ2v) is 6.19. The van der Waals surface area contributed by atoms with E-state index in [2.05, 4.69) is 5.32 Å². The Morgan fingerprint density at radius 2 is 1.90 bits per heavy atom. The number of nitrogens with zero attached hydrogens (tertiary/aromatic N) is 1. The van der Waals surface area contributed by atoms with Crippen molar-refractivity contribution in [2.45, 2.75) is 52.5 Å². The molecule has 1 rings (SSSR count). The van der Waals surface area contributed by atoms with E-state index in [1.807, 2.05) is 0 Å². The summed E-state index contributed by atoms with van der Waals surface area (Å²) in [7, 11) is 0. The highest BCUT2D eigenvalue weighted by Crippen LogP contribution is 2.18. The van der Waals surface area contributed by atoms with Gasteiger partial charge < -0.3 is 15.3 Å². The highest BCUT2D eigenvalue weighted by molar-refractivity contribution is 5.85. The van der Waals surface area contributed by atoms with Crippen LogP contribution in [0, 0.1) is 5.41 Å². The zero-order valence-electron chi connectivity index (χ0n) is 12.4. The number of carboxylic acids is 1. The van der Waals surface area contributed by atoms with Crippen molar-refractivity contribution < 1.29 is 19.5 Å². The van der Waals surface area contributed by atoms with Crippen molar-refractivity contribution in [3.63, 3.8) is 0 Å². The molecular formula is C14H24N2O4. The van der Waals surface area contributed by atoms with Gasteiger partial charge >= 0.3 is 5.97 Å². The lowest BCUT2D eigenvalue weighted by Crippen LogP contribution is -2.48. The Bertz CT molecular complexity index is 387. The molecule has 6 heteroatoms. The largest absolute Gasteiger partial charge is 0.480 e. The van der Waals surface area contributed by atoms with E-state index in [1.165, 1.54) is 4.90 Å². The summed E-state index contributed by atoms with van der Waals surface area (Å²) in [4.78, 5) is 36.3. The maximum absolute atomic E-state index is 12.1. The predicted octanol–water partition coefficient (Wildman–Crippen LogP) is 1.00. The molecule has 1 saturated heterocycles. The van der Waals surface area contributed by atoms with Gasteiger partial charge in [-0.2, -0.15) is 0 Å². The van der Waals surface area contributed by atoms with Crippen LogP contribution in [-0.2, 0) is 14.4 Å². The highest BCUT2D eigenvalue weighted by atomic mass is 16.4. The molecule has 0 unspecified atom stereocenters. The molecule has 1 atom stereocenters. The van der Waals surface area contributed by atoms with Crippen LogP contribution in [0.2, 0.25) is 0 Å². The van der Waals surface area contributed by atoms with Crippen molar-refractivity contribution in [3.8, 4) is 0 Å². The molecule has 1 fully saturated rings. The molecule has 0 aromatic heterocycles. The first-order valence-electron chi connectivity index (χ1n) is 7.04.